The predicted octanol–water partition coefficient (Wildman–Crippen LogP) is 23.4. The number of para-hydroxylation sites is 2. The van der Waals surface area contributed by atoms with Crippen molar-refractivity contribution in [2.45, 2.75) is 38.5 Å². The predicted molar refractivity (Wildman–Crippen MR) is 397 cm³/mol. The monoisotopic (exact) mass is 1210 g/mol. The van der Waals surface area contributed by atoms with Crippen LogP contribution in [0.2, 0.25) is 0 Å². The standard InChI is InChI=1S/C90H61N5/c1-89(2)76-29-14-10-25-65(76)67-41-38-62(52-78(67)89)94-80-31-16-12-27-69(80)72-48-56(34-43-82(72)94)58-36-45-84-74(50-58)75-51-59(57-35-44-83-73(49-57)70-28-13-17-32-81(70)95(83)63-39-42-68-66-26-11-15-30-77(66)90(3,4)79(68)53-63)37-46-85(75)93(84)61-23-18-22-60(47-61)88-91-86(55-20-6-5-7-21-55)71-40-33-54-19-8-9-24-64(54)87(71)92-88/h5-53H,1-4H3. The van der Waals surface area contributed by atoms with Crippen molar-refractivity contribution in [1.29, 1.82) is 0 Å². The zero-order valence-corrected chi connectivity index (χ0v) is 53.0. The van der Waals surface area contributed by atoms with Gasteiger partial charge in [-0.1, -0.05) is 222 Å². The molecule has 2 aliphatic carbocycles. The normalized spacial score (nSPS) is 13.6. The van der Waals surface area contributed by atoms with Crippen LogP contribution in [0.4, 0.5) is 0 Å². The van der Waals surface area contributed by atoms with E-state index < -0.39 is 0 Å². The lowest BCUT2D eigenvalue weighted by molar-refractivity contribution is 0.660. The number of hydrogen-bond donors (Lipinski definition) is 0. The molecular weight excluding hydrogens is 1150 g/mol. The fraction of sp³-hybridized carbons (Fsp3) is 0.0667. The molecule has 4 aromatic heterocycles. The number of nitrogens with zero attached hydrogens (tertiary/aromatic N) is 5. The molecule has 95 heavy (non-hydrogen) atoms. The first kappa shape index (κ1) is 53.7. The fourth-order valence-corrected chi connectivity index (χ4v) is 16.8. The van der Waals surface area contributed by atoms with Crippen LogP contribution in [0, 0.1) is 0 Å². The number of benzene rings is 14. The molecule has 18 aromatic rings. The minimum absolute atomic E-state index is 0.113. The molecule has 0 fully saturated rings. The molecule has 0 saturated carbocycles. The first-order valence-electron chi connectivity index (χ1n) is 33.1. The third kappa shape index (κ3) is 7.78. The van der Waals surface area contributed by atoms with Gasteiger partial charge in [0.1, 0.15) is 0 Å². The first-order valence-corrected chi connectivity index (χ1v) is 33.1. The second-order valence-electron chi connectivity index (χ2n) is 27.3. The molecule has 0 aliphatic heterocycles. The molecule has 446 valence electrons. The van der Waals surface area contributed by atoms with Crippen LogP contribution in [0.15, 0.2) is 297 Å². The molecule has 0 spiro atoms. The number of hydrogen-bond acceptors (Lipinski definition) is 2. The Morgan fingerprint density at radius 1 is 0.242 bits per heavy atom. The maximum atomic E-state index is 5.45. The maximum Gasteiger partial charge on any atom is 0.160 e. The third-order valence-electron chi connectivity index (χ3n) is 21.4. The van der Waals surface area contributed by atoms with E-state index in [1.807, 2.05) is 0 Å². The van der Waals surface area contributed by atoms with Gasteiger partial charge in [-0.25, -0.2) is 9.97 Å². The zero-order chi connectivity index (χ0) is 63.0. The van der Waals surface area contributed by atoms with Crippen molar-refractivity contribution in [3.05, 3.63) is 320 Å². The molecule has 5 heteroatoms. The van der Waals surface area contributed by atoms with Crippen LogP contribution in [0.1, 0.15) is 49.9 Å². The van der Waals surface area contributed by atoms with Gasteiger partial charge in [-0.05, 0) is 175 Å². The molecule has 20 rings (SSSR count). The van der Waals surface area contributed by atoms with Gasteiger partial charge in [-0.2, -0.15) is 0 Å². The largest absolute Gasteiger partial charge is 0.309 e. The lowest BCUT2D eigenvalue weighted by Crippen LogP contribution is -2.15. The van der Waals surface area contributed by atoms with Gasteiger partial charge in [-0.15, -0.1) is 0 Å². The van der Waals surface area contributed by atoms with Crippen LogP contribution >= 0.6 is 0 Å². The Hall–Kier alpha value is -11.9. The number of fused-ring (bicyclic) bond motifs is 18. The van der Waals surface area contributed by atoms with Gasteiger partial charge < -0.3 is 13.7 Å². The smallest absolute Gasteiger partial charge is 0.160 e. The Morgan fingerprint density at radius 2 is 0.653 bits per heavy atom. The van der Waals surface area contributed by atoms with Crippen LogP contribution in [-0.2, 0) is 10.8 Å². The summed E-state index contributed by atoms with van der Waals surface area (Å²) in [7, 11) is 0. The molecule has 14 aromatic carbocycles. The van der Waals surface area contributed by atoms with Crippen LogP contribution in [-0.4, -0.2) is 23.7 Å². The summed E-state index contributed by atoms with van der Waals surface area (Å²) >= 11 is 0. The highest BCUT2D eigenvalue weighted by Crippen LogP contribution is 2.52. The summed E-state index contributed by atoms with van der Waals surface area (Å²) in [6.45, 7) is 9.46. The lowest BCUT2D eigenvalue weighted by Gasteiger charge is -2.22. The van der Waals surface area contributed by atoms with Crippen molar-refractivity contribution in [3.8, 4) is 84.2 Å². The van der Waals surface area contributed by atoms with Crippen molar-refractivity contribution >= 4 is 87.1 Å². The van der Waals surface area contributed by atoms with E-state index in [1.54, 1.807) is 0 Å². The van der Waals surface area contributed by atoms with Crippen LogP contribution < -0.4 is 0 Å². The quantitative estimate of drug-likeness (QED) is 0.149. The Balaban J connectivity index is 0.757. The first-order chi connectivity index (χ1) is 46.6. The number of aromatic nitrogens is 5. The molecule has 0 saturated heterocycles. The Kier molecular flexibility index (Phi) is 11.2. The van der Waals surface area contributed by atoms with E-state index in [2.05, 4.69) is 339 Å². The summed E-state index contributed by atoms with van der Waals surface area (Å²) in [4.78, 5) is 10.9. The fourth-order valence-electron chi connectivity index (χ4n) is 16.8. The van der Waals surface area contributed by atoms with E-state index in [1.165, 1.54) is 121 Å². The van der Waals surface area contributed by atoms with Gasteiger partial charge >= 0.3 is 0 Å². The zero-order valence-electron chi connectivity index (χ0n) is 53.0. The van der Waals surface area contributed by atoms with Gasteiger partial charge in [0.2, 0.25) is 0 Å². The van der Waals surface area contributed by atoms with E-state index in [4.69, 9.17) is 9.97 Å². The van der Waals surface area contributed by atoms with Gasteiger partial charge in [-0.3, -0.25) is 0 Å². The molecule has 0 bridgehead atoms. The molecule has 0 amide bonds. The van der Waals surface area contributed by atoms with Gasteiger partial charge in [0.25, 0.3) is 0 Å². The van der Waals surface area contributed by atoms with Crippen LogP contribution in [0.5, 0.6) is 0 Å². The average Bonchev–Trinajstić information content (AvgIpc) is 1.62. The third-order valence-corrected chi connectivity index (χ3v) is 21.4. The topological polar surface area (TPSA) is 40.6 Å². The van der Waals surface area contributed by atoms with Gasteiger partial charge in [0.05, 0.1) is 44.3 Å². The molecular formula is C90H61N5. The minimum atomic E-state index is -0.113. The highest BCUT2D eigenvalue weighted by atomic mass is 15.0. The highest BCUT2D eigenvalue weighted by Gasteiger charge is 2.37. The summed E-state index contributed by atoms with van der Waals surface area (Å²) < 4.78 is 7.38. The highest BCUT2D eigenvalue weighted by molar-refractivity contribution is 6.15. The van der Waals surface area contributed by atoms with Crippen LogP contribution in [0.25, 0.3) is 171 Å². The molecule has 2 aliphatic rings. The SMILES string of the molecule is CC1(C)c2ccccc2-c2ccc(-n3c4ccccc4c4cc(-c5ccc6c(c5)c5cc(-c7ccc8c(c7)c7ccccc7n8-c7ccc8c(c7)C(C)(C)c7ccccc7-8)ccc5n6-c5cccc(-c6nc(-c7ccccc7)c7ccc8ccccc8c7n6)c5)ccc43)cc21. The summed E-state index contributed by atoms with van der Waals surface area (Å²) in [6.07, 6.45) is 0. The Labute approximate surface area is 549 Å². The summed E-state index contributed by atoms with van der Waals surface area (Å²) in [5, 5.41) is 10.6. The van der Waals surface area contributed by atoms with E-state index in [-0.39, 0.29) is 10.8 Å². The van der Waals surface area contributed by atoms with Crippen molar-refractivity contribution in [3.63, 3.8) is 0 Å². The lowest BCUT2D eigenvalue weighted by atomic mass is 9.82. The van der Waals surface area contributed by atoms with E-state index in [9.17, 15) is 0 Å². The molecule has 0 unspecified atom stereocenters. The summed E-state index contributed by atoms with van der Waals surface area (Å²) in [5.41, 5.74) is 29.5. The number of rotatable bonds is 7. The van der Waals surface area contributed by atoms with Gasteiger partial charge in [0.15, 0.2) is 5.82 Å². The molecule has 5 nitrogen and oxygen atoms in total. The average molecular weight is 1210 g/mol. The minimum Gasteiger partial charge on any atom is -0.309 e. The van der Waals surface area contributed by atoms with Crippen molar-refractivity contribution in [2.24, 2.45) is 0 Å². The second kappa shape index (κ2) is 19.8. The summed E-state index contributed by atoms with van der Waals surface area (Å²) in [5.74, 6) is 0.685. The Bertz CT molecular complexity index is 6060. The maximum absolute atomic E-state index is 5.45. The van der Waals surface area contributed by atoms with Crippen molar-refractivity contribution in [2.75, 3.05) is 0 Å². The van der Waals surface area contributed by atoms with E-state index >= 15 is 0 Å². The molecule has 4 heterocycles. The van der Waals surface area contributed by atoms with E-state index in [0.29, 0.717) is 5.82 Å². The molecule has 0 atom stereocenters. The molecule has 0 radical (unpaired) electrons. The van der Waals surface area contributed by atoms with Crippen LogP contribution in [0.3, 0.4) is 0 Å². The van der Waals surface area contributed by atoms with Crippen molar-refractivity contribution in [1.82, 2.24) is 23.7 Å². The van der Waals surface area contributed by atoms with Crippen molar-refractivity contribution < 1.29 is 0 Å². The molecule has 0 N–H and O–H groups in total. The van der Waals surface area contributed by atoms with Gasteiger partial charge in [0, 0.05) is 82.1 Å². The Morgan fingerprint density at radius 3 is 1.18 bits per heavy atom. The summed E-state index contributed by atoms with van der Waals surface area (Å²) in [6, 6.07) is 110. The van der Waals surface area contributed by atoms with E-state index in [0.717, 1.165) is 66.3 Å². The second-order valence-corrected chi connectivity index (χ2v) is 27.3.